The first-order valence-electron chi connectivity index (χ1n) is 9.95. The Hall–Kier alpha value is -2.04. The minimum atomic E-state index is -3.90. The predicted molar refractivity (Wildman–Crippen MR) is 116 cm³/mol. The van der Waals surface area contributed by atoms with Gasteiger partial charge in [-0.15, -0.1) is 0 Å². The van der Waals surface area contributed by atoms with Gasteiger partial charge in [0.25, 0.3) is 5.91 Å². The molecule has 30 heavy (non-hydrogen) atoms. The molecule has 0 bridgehead atoms. The lowest BCUT2D eigenvalue weighted by Crippen LogP contribution is -2.45. The summed E-state index contributed by atoms with van der Waals surface area (Å²) in [6.07, 6.45) is 2.78. The standard InChI is InChI=1S/C20H27N3O5S2/c1-15-7-5-6-10-22(15)19(25)14-30(26,27)13-18(24)21-20-23(11-12-28-2)16-8-3-4-9-17(16)29-20/h3-4,8-9,15H,5-7,10-14H2,1-2H3. The molecule has 1 unspecified atom stereocenters. The van der Waals surface area contributed by atoms with Crippen molar-refractivity contribution in [2.24, 2.45) is 4.99 Å². The molecule has 10 heteroatoms. The zero-order valence-electron chi connectivity index (χ0n) is 17.2. The van der Waals surface area contributed by atoms with Gasteiger partial charge in [0, 0.05) is 26.2 Å². The molecule has 0 saturated carbocycles. The van der Waals surface area contributed by atoms with Crippen LogP contribution in [0.4, 0.5) is 0 Å². The monoisotopic (exact) mass is 453 g/mol. The molecule has 1 fully saturated rings. The molecule has 2 aromatic rings. The molecule has 1 aliphatic heterocycles. The summed E-state index contributed by atoms with van der Waals surface area (Å²) >= 11 is 1.32. The van der Waals surface area contributed by atoms with E-state index < -0.39 is 33.2 Å². The molecule has 3 rings (SSSR count). The smallest absolute Gasteiger partial charge is 0.263 e. The summed E-state index contributed by atoms with van der Waals surface area (Å²) in [7, 11) is -2.31. The fourth-order valence-corrected chi connectivity index (χ4v) is 5.78. The van der Waals surface area contributed by atoms with Gasteiger partial charge in [-0.05, 0) is 38.3 Å². The first kappa shape index (κ1) is 22.6. The third-order valence-electron chi connectivity index (χ3n) is 5.14. The number of benzene rings is 1. The lowest BCUT2D eigenvalue weighted by Gasteiger charge is -2.33. The summed E-state index contributed by atoms with van der Waals surface area (Å²) < 4.78 is 32.9. The molecule has 164 valence electrons. The van der Waals surface area contributed by atoms with Crippen molar-refractivity contribution >= 4 is 43.2 Å². The number of rotatable bonds is 7. The summed E-state index contributed by atoms with van der Waals surface area (Å²) in [4.78, 5) is 31.0. The van der Waals surface area contributed by atoms with Gasteiger partial charge in [-0.3, -0.25) is 9.59 Å². The van der Waals surface area contributed by atoms with Gasteiger partial charge in [0.2, 0.25) is 5.91 Å². The number of para-hydroxylation sites is 1. The van der Waals surface area contributed by atoms with Crippen molar-refractivity contribution in [2.45, 2.75) is 38.8 Å². The van der Waals surface area contributed by atoms with Crippen LogP contribution in [0.25, 0.3) is 10.2 Å². The van der Waals surface area contributed by atoms with Crippen molar-refractivity contribution in [3.8, 4) is 0 Å². The number of piperidine rings is 1. The number of carbonyl (C=O) groups is 2. The van der Waals surface area contributed by atoms with Gasteiger partial charge >= 0.3 is 0 Å². The number of sulfone groups is 1. The topological polar surface area (TPSA) is 98.0 Å². The zero-order valence-corrected chi connectivity index (χ0v) is 18.9. The Kier molecular flexibility index (Phi) is 7.43. The van der Waals surface area contributed by atoms with E-state index in [-0.39, 0.29) is 6.04 Å². The van der Waals surface area contributed by atoms with E-state index in [1.165, 1.54) is 11.3 Å². The SMILES string of the molecule is COCCn1c(=NC(=O)CS(=O)(=O)CC(=O)N2CCCCC2C)sc2ccccc21. The molecule has 2 amide bonds. The highest BCUT2D eigenvalue weighted by molar-refractivity contribution is 7.92. The number of hydrogen-bond donors (Lipinski definition) is 0. The highest BCUT2D eigenvalue weighted by atomic mass is 32.2. The summed E-state index contributed by atoms with van der Waals surface area (Å²) in [5.74, 6) is -2.65. The Labute approximate surface area is 180 Å². The number of nitrogens with zero attached hydrogens (tertiary/aromatic N) is 3. The molecule has 0 N–H and O–H groups in total. The number of aromatic nitrogens is 1. The first-order valence-corrected chi connectivity index (χ1v) is 12.6. The number of amides is 2. The molecule has 0 aliphatic carbocycles. The highest BCUT2D eigenvalue weighted by Gasteiger charge is 2.28. The Balaban J connectivity index is 1.76. The van der Waals surface area contributed by atoms with Crippen LogP contribution in [0.3, 0.4) is 0 Å². The van der Waals surface area contributed by atoms with E-state index in [0.29, 0.717) is 24.5 Å². The van der Waals surface area contributed by atoms with Gasteiger partial charge in [-0.25, -0.2) is 8.42 Å². The van der Waals surface area contributed by atoms with E-state index in [1.54, 1.807) is 12.0 Å². The largest absolute Gasteiger partial charge is 0.383 e. The molecule has 8 nitrogen and oxygen atoms in total. The zero-order chi connectivity index (χ0) is 21.7. The number of ether oxygens (including phenoxy) is 1. The van der Waals surface area contributed by atoms with Crippen LogP contribution in [0.15, 0.2) is 29.3 Å². The minimum Gasteiger partial charge on any atom is -0.383 e. The normalized spacial score (nSPS) is 18.1. The van der Waals surface area contributed by atoms with Crippen molar-refractivity contribution in [2.75, 3.05) is 31.8 Å². The molecular weight excluding hydrogens is 426 g/mol. The van der Waals surface area contributed by atoms with Gasteiger partial charge in [0.15, 0.2) is 14.6 Å². The van der Waals surface area contributed by atoms with Gasteiger partial charge in [-0.2, -0.15) is 4.99 Å². The lowest BCUT2D eigenvalue weighted by atomic mass is 10.0. The van der Waals surface area contributed by atoms with Crippen molar-refractivity contribution in [3.63, 3.8) is 0 Å². The average Bonchev–Trinajstić information content (AvgIpc) is 3.02. The number of thiazole rings is 1. The third kappa shape index (κ3) is 5.55. The number of fused-ring (bicyclic) bond motifs is 1. The van der Waals surface area contributed by atoms with Crippen molar-refractivity contribution in [1.29, 1.82) is 0 Å². The van der Waals surface area contributed by atoms with Gasteiger partial charge in [0.05, 0.1) is 16.8 Å². The number of hydrogen-bond acceptors (Lipinski definition) is 6. The molecule has 1 aromatic carbocycles. The Morgan fingerprint density at radius 2 is 2.00 bits per heavy atom. The molecular formula is C20H27N3O5S2. The summed E-state index contributed by atoms with van der Waals surface area (Å²) in [6.45, 7) is 3.41. The van der Waals surface area contributed by atoms with Crippen LogP contribution in [-0.2, 0) is 30.7 Å². The molecule has 1 atom stereocenters. The Morgan fingerprint density at radius 1 is 1.23 bits per heavy atom. The fraction of sp³-hybridized carbons (Fsp3) is 0.550. The Bertz CT molecular complexity index is 1090. The van der Waals surface area contributed by atoms with Gasteiger partial charge < -0.3 is 14.2 Å². The minimum absolute atomic E-state index is 0.0279. The van der Waals surface area contributed by atoms with E-state index in [2.05, 4.69) is 4.99 Å². The molecule has 0 radical (unpaired) electrons. The maximum Gasteiger partial charge on any atom is 0.263 e. The van der Waals surface area contributed by atoms with E-state index in [4.69, 9.17) is 4.74 Å². The number of methoxy groups -OCH3 is 1. The average molecular weight is 454 g/mol. The van der Waals surface area contributed by atoms with Gasteiger partial charge in [0.1, 0.15) is 11.5 Å². The molecule has 1 aromatic heterocycles. The van der Waals surface area contributed by atoms with Crippen LogP contribution in [0.1, 0.15) is 26.2 Å². The summed E-state index contributed by atoms with van der Waals surface area (Å²) in [5, 5.41) is 0. The molecule has 1 saturated heterocycles. The summed E-state index contributed by atoms with van der Waals surface area (Å²) in [6, 6.07) is 7.65. The van der Waals surface area contributed by atoms with Crippen molar-refractivity contribution in [1.82, 2.24) is 9.47 Å². The molecule has 1 aliphatic rings. The Morgan fingerprint density at radius 3 is 2.73 bits per heavy atom. The van der Waals surface area contributed by atoms with Crippen LogP contribution >= 0.6 is 11.3 Å². The highest BCUT2D eigenvalue weighted by Crippen LogP contribution is 2.18. The predicted octanol–water partition coefficient (Wildman–Crippen LogP) is 1.59. The quantitative estimate of drug-likeness (QED) is 0.634. The van der Waals surface area contributed by atoms with Crippen molar-refractivity contribution < 1.29 is 22.7 Å². The lowest BCUT2D eigenvalue weighted by molar-refractivity contribution is -0.131. The van der Waals surface area contributed by atoms with E-state index in [9.17, 15) is 18.0 Å². The van der Waals surface area contributed by atoms with Crippen LogP contribution in [0.2, 0.25) is 0 Å². The first-order chi connectivity index (χ1) is 14.3. The van der Waals surface area contributed by atoms with Crippen LogP contribution in [0, 0.1) is 0 Å². The van der Waals surface area contributed by atoms with Gasteiger partial charge in [-0.1, -0.05) is 23.5 Å². The van der Waals surface area contributed by atoms with E-state index in [1.807, 2.05) is 35.8 Å². The molecule has 2 heterocycles. The van der Waals surface area contributed by atoms with Crippen LogP contribution in [-0.4, -0.2) is 67.5 Å². The fourth-order valence-electron chi connectivity index (χ4n) is 3.62. The third-order valence-corrected chi connectivity index (χ3v) is 7.57. The summed E-state index contributed by atoms with van der Waals surface area (Å²) in [5.41, 5.74) is 0.906. The maximum atomic E-state index is 12.5. The number of likely N-dealkylation sites (tertiary alicyclic amines) is 1. The second-order valence-electron chi connectivity index (χ2n) is 7.47. The van der Waals surface area contributed by atoms with E-state index >= 15 is 0 Å². The van der Waals surface area contributed by atoms with E-state index in [0.717, 1.165) is 29.5 Å². The second-order valence-corrected chi connectivity index (χ2v) is 10.5. The molecule has 0 spiro atoms. The van der Waals surface area contributed by atoms with Crippen LogP contribution in [0.5, 0.6) is 0 Å². The maximum absolute atomic E-state index is 12.5. The van der Waals surface area contributed by atoms with Crippen LogP contribution < -0.4 is 4.80 Å². The number of carbonyl (C=O) groups excluding carboxylic acids is 2. The second kappa shape index (κ2) is 9.84. The van der Waals surface area contributed by atoms with Crippen molar-refractivity contribution in [3.05, 3.63) is 29.1 Å².